The van der Waals surface area contributed by atoms with Gasteiger partial charge < -0.3 is 10.8 Å². The number of anilines is 1. The molecule has 13 heavy (non-hydrogen) atoms. The minimum atomic E-state index is 0.136. The lowest BCUT2D eigenvalue weighted by Gasteiger charge is -2.09. The van der Waals surface area contributed by atoms with Crippen LogP contribution in [0.5, 0.6) is 0 Å². The van der Waals surface area contributed by atoms with E-state index in [1.807, 2.05) is 13.0 Å². The predicted molar refractivity (Wildman–Crippen MR) is 58.3 cm³/mol. The van der Waals surface area contributed by atoms with E-state index in [1.165, 1.54) is 11.8 Å². The fraction of sp³-hybridized carbons (Fsp3) is 0.333. The molecule has 1 aromatic rings. The Morgan fingerprint density at radius 2 is 2.31 bits per heavy atom. The number of hydrogen-bond acceptors (Lipinski definition) is 3. The zero-order valence-electron chi connectivity index (χ0n) is 7.33. The molecule has 0 amide bonds. The summed E-state index contributed by atoms with van der Waals surface area (Å²) in [5.41, 5.74) is 6.43. The van der Waals surface area contributed by atoms with Crippen molar-refractivity contribution >= 4 is 29.1 Å². The maximum Gasteiger partial charge on any atom is 0.0550 e. The Bertz CT molecular complexity index is 293. The third-order valence-electron chi connectivity index (χ3n) is 1.56. The molecular weight excluding hydrogens is 206 g/mol. The third kappa shape index (κ3) is 3.10. The Morgan fingerprint density at radius 1 is 1.62 bits per heavy atom. The first-order valence-corrected chi connectivity index (χ1v) is 5.21. The van der Waals surface area contributed by atoms with Gasteiger partial charge in [-0.15, -0.1) is 11.8 Å². The molecule has 0 aromatic heterocycles. The molecule has 0 aliphatic heterocycles. The predicted octanol–water partition coefficient (Wildman–Crippen LogP) is 2.40. The number of nitrogen functional groups attached to an aromatic ring is 1. The highest BCUT2D eigenvalue weighted by atomic mass is 35.5. The normalized spacial score (nSPS) is 12.8. The number of halogens is 1. The van der Waals surface area contributed by atoms with E-state index in [4.69, 9.17) is 22.4 Å². The van der Waals surface area contributed by atoms with Crippen LogP contribution in [-0.2, 0) is 0 Å². The van der Waals surface area contributed by atoms with Gasteiger partial charge in [-0.05, 0) is 18.2 Å². The number of benzene rings is 1. The van der Waals surface area contributed by atoms with Crippen LogP contribution in [0.25, 0.3) is 0 Å². The maximum atomic E-state index is 8.86. The van der Waals surface area contributed by atoms with E-state index in [2.05, 4.69) is 0 Å². The molecule has 0 bridgehead atoms. The second-order valence-corrected chi connectivity index (χ2v) is 4.71. The van der Waals surface area contributed by atoms with Gasteiger partial charge in [-0.1, -0.05) is 18.5 Å². The first kappa shape index (κ1) is 10.7. The molecular formula is C9H12ClNOS. The molecule has 0 aliphatic carbocycles. The minimum absolute atomic E-state index is 0.136. The van der Waals surface area contributed by atoms with Crippen LogP contribution in [0, 0.1) is 0 Å². The van der Waals surface area contributed by atoms with Crippen molar-refractivity contribution in [1.82, 2.24) is 0 Å². The monoisotopic (exact) mass is 217 g/mol. The number of nitrogens with two attached hydrogens (primary N) is 1. The standard InChI is InChI=1S/C9H12ClNOS/c1-6(5-12)13-9-4-7(10)2-3-8(9)11/h2-4,6,12H,5,11H2,1H3. The van der Waals surface area contributed by atoms with Crippen molar-refractivity contribution in [3.8, 4) is 0 Å². The third-order valence-corrected chi connectivity index (χ3v) is 2.95. The molecule has 0 spiro atoms. The lowest BCUT2D eigenvalue weighted by molar-refractivity contribution is 0.300. The van der Waals surface area contributed by atoms with Crippen LogP contribution >= 0.6 is 23.4 Å². The summed E-state index contributed by atoms with van der Waals surface area (Å²) in [6.45, 7) is 2.07. The number of hydrogen-bond donors (Lipinski definition) is 2. The smallest absolute Gasteiger partial charge is 0.0550 e. The van der Waals surface area contributed by atoms with Crippen molar-refractivity contribution < 1.29 is 5.11 Å². The van der Waals surface area contributed by atoms with Crippen molar-refractivity contribution in [2.45, 2.75) is 17.1 Å². The summed E-state index contributed by atoms with van der Waals surface area (Å²) < 4.78 is 0. The van der Waals surface area contributed by atoms with Gasteiger partial charge in [0.2, 0.25) is 0 Å². The van der Waals surface area contributed by atoms with Gasteiger partial charge in [-0.2, -0.15) is 0 Å². The molecule has 3 N–H and O–H groups in total. The summed E-state index contributed by atoms with van der Waals surface area (Å²) in [4.78, 5) is 0.925. The van der Waals surface area contributed by atoms with Gasteiger partial charge in [-0.25, -0.2) is 0 Å². The van der Waals surface area contributed by atoms with Crippen LogP contribution in [0.15, 0.2) is 23.1 Å². The van der Waals surface area contributed by atoms with Crippen molar-refractivity contribution in [2.75, 3.05) is 12.3 Å². The van der Waals surface area contributed by atoms with Crippen molar-refractivity contribution in [3.63, 3.8) is 0 Å². The first-order valence-electron chi connectivity index (χ1n) is 3.96. The number of aliphatic hydroxyl groups excluding tert-OH is 1. The molecule has 1 atom stereocenters. The van der Waals surface area contributed by atoms with Crippen molar-refractivity contribution in [1.29, 1.82) is 0 Å². The van der Waals surface area contributed by atoms with Crippen LogP contribution < -0.4 is 5.73 Å². The van der Waals surface area contributed by atoms with Crippen molar-refractivity contribution in [3.05, 3.63) is 23.2 Å². The summed E-state index contributed by atoms with van der Waals surface area (Å²) >= 11 is 7.34. The van der Waals surface area contributed by atoms with Crippen LogP contribution in [0.1, 0.15) is 6.92 Å². The van der Waals surface area contributed by atoms with Gasteiger partial charge in [0.1, 0.15) is 0 Å². The Morgan fingerprint density at radius 3 is 2.92 bits per heavy atom. The minimum Gasteiger partial charge on any atom is -0.398 e. The lowest BCUT2D eigenvalue weighted by atomic mass is 10.3. The largest absolute Gasteiger partial charge is 0.398 e. The molecule has 0 heterocycles. The van der Waals surface area contributed by atoms with Crippen LogP contribution in [0.3, 0.4) is 0 Å². The zero-order chi connectivity index (χ0) is 9.84. The van der Waals surface area contributed by atoms with E-state index in [0.29, 0.717) is 10.7 Å². The second kappa shape index (κ2) is 4.74. The maximum absolute atomic E-state index is 8.86. The molecule has 1 unspecified atom stereocenters. The second-order valence-electron chi connectivity index (χ2n) is 2.79. The van der Waals surface area contributed by atoms with Crippen LogP contribution in [0.4, 0.5) is 5.69 Å². The Kier molecular flexibility index (Phi) is 3.90. The van der Waals surface area contributed by atoms with Gasteiger partial charge in [-0.3, -0.25) is 0 Å². The summed E-state index contributed by atoms with van der Waals surface area (Å²) in [6, 6.07) is 5.34. The molecule has 0 saturated carbocycles. The van der Waals surface area contributed by atoms with Gasteiger partial charge in [0.05, 0.1) is 6.61 Å². The van der Waals surface area contributed by atoms with E-state index in [9.17, 15) is 0 Å². The van der Waals surface area contributed by atoms with E-state index in [0.717, 1.165) is 4.90 Å². The number of rotatable bonds is 3. The highest BCUT2D eigenvalue weighted by Crippen LogP contribution is 2.30. The highest BCUT2D eigenvalue weighted by Gasteiger charge is 2.06. The average molecular weight is 218 g/mol. The Balaban J connectivity index is 2.81. The summed E-state index contributed by atoms with van der Waals surface area (Å²) in [5.74, 6) is 0. The van der Waals surface area contributed by atoms with Crippen molar-refractivity contribution in [2.24, 2.45) is 0 Å². The fourth-order valence-corrected chi connectivity index (χ4v) is 2.01. The molecule has 0 fully saturated rings. The van der Waals surface area contributed by atoms with E-state index in [1.54, 1.807) is 12.1 Å². The van der Waals surface area contributed by atoms with E-state index >= 15 is 0 Å². The van der Waals surface area contributed by atoms with Gasteiger partial charge in [0.25, 0.3) is 0 Å². The lowest BCUT2D eigenvalue weighted by Crippen LogP contribution is -2.02. The van der Waals surface area contributed by atoms with Gasteiger partial charge in [0, 0.05) is 20.9 Å². The van der Waals surface area contributed by atoms with Gasteiger partial charge in [0.15, 0.2) is 0 Å². The molecule has 72 valence electrons. The molecule has 1 rings (SSSR count). The summed E-state index contributed by atoms with van der Waals surface area (Å²) in [7, 11) is 0. The summed E-state index contributed by atoms with van der Waals surface area (Å²) in [6.07, 6.45) is 0. The van der Waals surface area contributed by atoms with E-state index < -0.39 is 0 Å². The molecule has 0 radical (unpaired) electrons. The highest BCUT2D eigenvalue weighted by molar-refractivity contribution is 8.00. The molecule has 0 saturated heterocycles. The van der Waals surface area contributed by atoms with E-state index in [-0.39, 0.29) is 11.9 Å². The Labute approximate surface area is 87.1 Å². The molecule has 2 nitrogen and oxygen atoms in total. The van der Waals surface area contributed by atoms with Gasteiger partial charge >= 0.3 is 0 Å². The topological polar surface area (TPSA) is 46.2 Å². The molecule has 4 heteroatoms. The zero-order valence-corrected chi connectivity index (χ0v) is 8.90. The number of thioether (sulfide) groups is 1. The number of aliphatic hydroxyl groups is 1. The molecule has 0 aliphatic rings. The first-order chi connectivity index (χ1) is 6.13. The quantitative estimate of drug-likeness (QED) is 0.604. The fourth-order valence-electron chi connectivity index (χ4n) is 0.864. The Hall–Kier alpha value is -0.380. The van der Waals surface area contributed by atoms with Crippen LogP contribution in [-0.4, -0.2) is 17.0 Å². The summed E-state index contributed by atoms with van der Waals surface area (Å²) in [5, 5.41) is 9.67. The molecule has 1 aromatic carbocycles. The van der Waals surface area contributed by atoms with Crippen LogP contribution in [0.2, 0.25) is 5.02 Å². The average Bonchev–Trinajstić information content (AvgIpc) is 2.11. The SMILES string of the molecule is CC(CO)Sc1cc(Cl)ccc1N.